The Morgan fingerprint density at radius 3 is 2.57 bits per heavy atom. The molecule has 1 aliphatic heterocycles. The van der Waals surface area contributed by atoms with Crippen molar-refractivity contribution < 1.29 is 4.74 Å². The zero-order valence-electron chi connectivity index (χ0n) is 18.1. The summed E-state index contributed by atoms with van der Waals surface area (Å²) in [5.74, 6) is 0.580. The first-order valence-electron chi connectivity index (χ1n) is 11.0. The van der Waals surface area contributed by atoms with E-state index in [1.165, 1.54) is 22.3 Å². The Labute approximate surface area is 178 Å². The molecule has 30 heavy (non-hydrogen) atoms. The van der Waals surface area contributed by atoms with Gasteiger partial charge in [-0.3, -0.25) is 9.98 Å². The van der Waals surface area contributed by atoms with Crippen molar-refractivity contribution in [3.05, 3.63) is 53.3 Å². The van der Waals surface area contributed by atoms with Crippen LogP contribution in [0.5, 0.6) is 0 Å². The van der Waals surface area contributed by atoms with Gasteiger partial charge in [0.05, 0.1) is 11.8 Å². The predicted octanol–water partition coefficient (Wildman–Crippen LogP) is 4.43. The monoisotopic (exact) mass is 402 g/mol. The normalized spacial score (nSPS) is 29.9. The SMILES string of the molecule is CCc1cncc(-c2ccc3c(c2)C2(N=C(C)C(N)=N2)[C@]2(CC[C@H](OC)CC2)C3)c1. The van der Waals surface area contributed by atoms with Crippen LogP contribution in [-0.2, 0) is 23.2 Å². The van der Waals surface area contributed by atoms with E-state index in [1.807, 2.05) is 26.4 Å². The minimum absolute atomic E-state index is 0.0190. The summed E-state index contributed by atoms with van der Waals surface area (Å²) >= 11 is 0. The molecule has 0 bridgehead atoms. The van der Waals surface area contributed by atoms with Crippen molar-refractivity contribution in [2.45, 2.75) is 64.1 Å². The van der Waals surface area contributed by atoms with E-state index in [-0.39, 0.29) is 5.41 Å². The number of aromatic nitrogens is 1. The van der Waals surface area contributed by atoms with E-state index in [0.717, 1.165) is 49.8 Å². The van der Waals surface area contributed by atoms with Gasteiger partial charge in [0.25, 0.3) is 0 Å². The second-order valence-corrected chi connectivity index (χ2v) is 9.07. The van der Waals surface area contributed by atoms with Crippen LogP contribution in [0.1, 0.15) is 56.2 Å². The molecule has 1 aromatic heterocycles. The lowest BCUT2D eigenvalue weighted by molar-refractivity contribution is -0.000372. The predicted molar refractivity (Wildman–Crippen MR) is 121 cm³/mol. The summed E-state index contributed by atoms with van der Waals surface area (Å²) in [7, 11) is 1.82. The molecule has 2 aromatic rings. The van der Waals surface area contributed by atoms with Crippen molar-refractivity contribution in [1.82, 2.24) is 4.98 Å². The zero-order chi connectivity index (χ0) is 20.9. The van der Waals surface area contributed by atoms with Crippen molar-refractivity contribution in [3.63, 3.8) is 0 Å². The number of pyridine rings is 1. The average molecular weight is 403 g/mol. The largest absolute Gasteiger partial charge is 0.382 e. The fourth-order valence-electron chi connectivity index (χ4n) is 5.69. The maximum absolute atomic E-state index is 6.30. The molecule has 1 saturated carbocycles. The molecule has 0 amide bonds. The summed E-state index contributed by atoms with van der Waals surface area (Å²) in [4.78, 5) is 14.7. The second-order valence-electron chi connectivity index (χ2n) is 9.07. The molecule has 2 N–H and O–H groups in total. The molecule has 5 rings (SSSR count). The van der Waals surface area contributed by atoms with E-state index < -0.39 is 5.66 Å². The van der Waals surface area contributed by atoms with Crippen LogP contribution in [0.3, 0.4) is 0 Å². The summed E-state index contributed by atoms with van der Waals surface area (Å²) < 4.78 is 5.66. The Kier molecular flexibility index (Phi) is 4.55. The molecule has 0 radical (unpaired) electrons. The van der Waals surface area contributed by atoms with Crippen LogP contribution in [0.15, 0.2) is 46.6 Å². The van der Waals surface area contributed by atoms with Crippen LogP contribution in [0.2, 0.25) is 0 Å². The first kappa shape index (κ1) is 19.4. The van der Waals surface area contributed by atoms with Crippen LogP contribution in [0.25, 0.3) is 11.1 Å². The third-order valence-electron chi connectivity index (χ3n) is 7.50. The maximum Gasteiger partial charge on any atom is 0.184 e. The zero-order valence-corrected chi connectivity index (χ0v) is 18.1. The Balaban J connectivity index is 1.63. The number of hydrogen-bond donors (Lipinski definition) is 1. The highest BCUT2D eigenvalue weighted by molar-refractivity contribution is 6.41. The lowest BCUT2D eigenvalue weighted by Crippen LogP contribution is -2.43. The van der Waals surface area contributed by atoms with Gasteiger partial charge >= 0.3 is 0 Å². The van der Waals surface area contributed by atoms with Crippen LogP contribution >= 0.6 is 0 Å². The Hall–Kier alpha value is -2.53. The van der Waals surface area contributed by atoms with Gasteiger partial charge in [-0.25, -0.2) is 4.99 Å². The fraction of sp³-hybridized carbons (Fsp3) is 0.480. The van der Waals surface area contributed by atoms with Gasteiger partial charge in [0.2, 0.25) is 0 Å². The maximum atomic E-state index is 6.30. The van der Waals surface area contributed by atoms with E-state index in [1.54, 1.807) is 0 Å². The van der Waals surface area contributed by atoms with E-state index in [9.17, 15) is 0 Å². The number of benzene rings is 1. The van der Waals surface area contributed by atoms with Crippen molar-refractivity contribution in [2.75, 3.05) is 7.11 Å². The molecule has 1 unspecified atom stereocenters. The van der Waals surface area contributed by atoms with E-state index >= 15 is 0 Å². The van der Waals surface area contributed by atoms with Crippen molar-refractivity contribution in [1.29, 1.82) is 0 Å². The van der Waals surface area contributed by atoms with Crippen LogP contribution in [0.4, 0.5) is 0 Å². The number of nitrogens with zero attached hydrogens (tertiary/aromatic N) is 3. The summed E-state index contributed by atoms with van der Waals surface area (Å²) in [6.07, 6.45) is 10.4. The molecule has 3 aliphatic rings. The van der Waals surface area contributed by atoms with Gasteiger partial charge in [0, 0.05) is 36.0 Å². The molecule has 1 atom stereocenters. The first-order chi connectivity index (χ1) is 14.5. The third kappa shape index (κ3) is 2.75. The van der Waals surface area contributed by atoms with Crippen LogP contribution < -0.4 is 5.73 Å². The summed E-state index contributed by atoms with van der Waals surface area (Å²) in [5, 5.41) is 0. The van der Waals surface area contributed by atoms with E-state index in [2.05, 4.69) is 36.2 Å². The molecule has 5 heteroatoms. The molecule has 1 aromatic carbocycles. The number of rotatable bonds is 3. The highest BCUT2D eigenvalue weighted by Crippen LogP contribution is 2.62. The highest BCUT2D eigenvalue weighted by atomic mass is 16.5. The number of nitrogens with two attached hydrogens (primary N) is 1. The molecule has 2 spiro atoms. The van der Waals surface area contributed by atoms with Gasteiger partial charge < -0.3 is 10.5 Å². The van der Waals surface area contributed by atoms with Gasteiger partial charge in [0.15, 0.2) is 5.66 Å². The number of hydrogen-bond acceptors (Lipinski definition) is 5. The molecule has 156 valence electrons. The number of aryl methyl sites for hydroxylation is 1. The van der Waals surface area contributed by atoms with Gasteiger partial charge in [-0.15, -0.1) is 0 Å². The number of methoxy groups -OCH3 is 1. The molecule has 1 fully saturated rings. The second kappa shape index (κ2) is 7.02. The number of aliphatic imine (C=N–C) groups is 2. The molecule has 0 saturated heterocycles. The van der Waals surface area contributed by atoms with Crippen LogP contribution in [-0.4, -0.2) is 29.7 Å². The minimum atomic E-state index is -0.596. The molecule has 5 nitrogen and oxygen atoms in total. The van der Waals surface area contributed by atoms with Crippen molar-refractivity contribution in [3.8, 4) is 11.1 Å². The number of ether oxygens (including phenoxy) is 1. The summed E-state index contributed by atoms with van der Waals surface area (Å²) in [6.45, 7) is 4.14. The molecule has 2 heterocycles. The lowest BCUT2D eigenvalue weighted by Gasteiger charge is -2.44. The summed E-state index contributed by atoms with van der Waals surface area (Å²) in [6, 6.07) is 9.02. The van der Waals surface area contributed by atoms with Gasteiger partial charge in [0.1, 0.15) is 5.84 Å². The van der Waals surface area contributed by atoms with Crippen molar-refractivity contribution in [2.24, 2.45) is 21.1 Å². The summed E-state index contributed by atoms with van der Waals surface area (Å²) in [5.41, 5.74) is 12.7. The van der Waals surface area contributed by atoms with Gasteiger partial charge in [-0.1, -0.05) is 19.1 Å². The molecule has 2 aliphatic carbocycles. The average Bonchev–Trinajstić information content (AvgIpc) is 3.22. The molecular weight excluding hydrogens is 372 g/mol. The number of amidine groups is 1. The van der Waals surface area contributed by atoms with Gasteiger partial charge in [-0.2, -0.15) is 0 Å². The topological polar surface area (TPSA) is 72.9 Å². The van der Waals surface area contributed by atoms with E-state index in [0.29, 0.717) is 11.9 Å². The fourth-order valence-corrected chi connectivity index (χ4v) is 5.69. The number of fused-ring (bicyclic) bond motifs is 3. The smallest absolute Gasteiger partial charge is 0.184 e. The van der Waals surface area contributed by atoms with E-state index in [4.69, 9.17) is 20.5 Å². The minimum Gasteiger partial charge on any atom is -0.382 e. The standard InChI is InChI=1S/C25H30N4O/c1-4-17-11-20(15-27-14-17)18-5-6-19-13-24(9-7-21(30-3)8-10-24)25(22(19)12-18)28-16(2)23(26)29-25/h5-6,11-12,14-15,21H,4,7-10,13H2,1-3H3,(H2,26,29)/t21-,24-,25?. The lowest BCUT2D eigenvalue weighted by atomic mass is 9.65. The van der Waals surface area contributed by atoms with Crippen LogP contribution in [0, 0.1) is 5.41 Å². The Morgan fingerprint density at radius 2 is 1.90 bits per heavy atom. The Morgan fingerprint density at radius 1 is 1.10 bits per heavy atom. The molecular formula is C25H30N4O. The highest BCUT2D eigenvalue weighted by Gasteiger charge is 2.60. The van der Waals surface area contributed by atoms with Gasteiger partial charge in [-0.05, 0) is 74.3 Å². The Bertz CT molecular complexity index is 1030. The third-order valence-corrected chi connectivity index (χ3v) is 7.50. The van der Waals surface area contributed by atoms with Crippen molar-refractivity contribution >= 4 is 11.5 Å². The quantitative estimate of drug-likeness (QED) is 0.825. The first-order valence-corrected chi connectivity index (χ1v) is 11.0.